The Morgan fingerprint density at radius 3 is 2.50 bits per heavy atom. The van der Waals surface area contributed by atoms with Gasteiger partial charge in [-0.2, -0.15) is 0 Å². The third-order valence-electron chi connectivity index (χ3n) is 5.14. The van der Waals surface area contributed by atoms with Crippen LogP contribution in [0.25, 0.3) is 0 Å². The topological polar surface area (TPSA) is 56.4 Å². The van der Waals surface area contributed by atoms with Crippen LogP contribution in [0.3, 0.4) is 0 Å². The minimum absolute atomic E-state index is 0.272. The van der Waals surface area contributed by atoms with Crippen LogP contribution in [-0.4, -0.2) is 21.6 Å². The van der Waals surface area contributed by atoms with Crippen molar-refractivity contribution in [3.8, 4) is 0 Å². The van der Waals surface area contributed by atoms with Crippen LogP contribution in [0.15, 0.2) is 12.4 Å². The molecule has 6 heteroatoms. The summed E-state index contributed by atoms with van der Waals surface area (Å²) >= 11 is 1.84. The number of rotatable bonds is 4. The van der Waals surface area contributed by atoms with Crippen LogP contribution in [0.2, 0.25) is 0 Å². The molecule has 5 nitrogen and oxygen atoms in total. The predicted octanol–water partition coefficient (Wildman–Crippen LogP) is 2.68. The minimum Gasteiger partial charge on any atom is -0.353 e. The minimum atomic E-state index is 0.272. The number of hydrogen-bond acceptors (Lipinski definition) is 5. The van der Waals surface area contributed by atoms with Crippen LogP contribution in [0.5, 0.6) is 0 Å². The lowest BCUT2D eigenvalue weighted by Gasteiger charge is -2.32. The average molecular weight is 324 g/mol. The molecule has 22 heavy (non-hydrogen) atoms. The molecule has 3 rings (SSSR count). The molecule has 1 heterocycles. The summed E-state index contributed by atoms with van der Waals surface area (Å²) < 4.78 is 2.02. The van der Waals surface area contributed by atoms with E-state index in [2.05, 4.69) is 23.2 Å². The molecule has 0 radical (unpaired) electrons. The van der Waals surface area contributed by atoms with Crippen molar-refractivity contribution >= 4 is 17.9 Å². The maximum Gasteiger partial charge on any atom is 0.223 e. The third kappa shape index (κ3) is 4.32. The number of amides is 1. The SMILES string of the molecule is CC1CCC(C(=O)NC2CCC(SN3C=CNN3)CC2)CC1. The number of nitrogens with one attached hydrogen (secondary N) is 3. The molecule has 3 aliphatic rings. The number of nitrogens with zero attached hydrogens (tertiary/aromatic N) is 1. The van der Waals surface area contributed by atoms with Crippen LogP contribution >= 0.6 is 11.9 Å². The predicted molar refractivity (Wildman–Crippen MR) is 90.2 cm³/mol. The van der Waals surface area contributed by atoms with Crippen molar-refractivity contribution < 1.29 is 4.79 Å². The van der Waals surface area contributed by atoms with Crippen LogP contribution in [-0.2, 0) is 4.79 Å². The van der Waals surface area contributed by atoms with Gasteiger partial charge in [-0.3, -0.25) is 4.79 Å². The summed E-state index contributed by atoms with van der Waals surface area (Å²) in [5.41, 5.74) is 6.01. The van der Waals surface area contributed by atoms with E-state index in [1.165, 1.54) is 25.7 Å². The summed E-state index contributed by atoms with van der Waals surface area (Å²) in [7, 11) is 0. The number of hydrazine groups is 2. The van der Waals surface area contributed by atoms with Crippen LogP contribution in [0, 0.1) is 11.8 Å². The molecular formula is C16H28N4OS. The molecular weight excluding hydrogens is 296 g/mol. The molecule has 0 aromatic carbocycles. The summed E-state index contributed by atoms with van der Waals surface area (Å²) in [5, 5.41) is 3.95. The van der Waals surface area contributed by atoms with Crippen LogP contribution < -0.4 is 16.3 Å². The van der Waals surface area contributed by atoms with E-state index in [0.29, 0.717) is 17.2 Å². The highest BCUT2D eigenvalue weighted by atomic mass is 32.2. The van der Waals surface area contributed by atoms with Gasteiger partial charge in [-0.25, -0.2) is 4.41 Å². The zero-order valence-corrected chi connectivity index (χ0v) is 14.2. The maximum absolute atomic E-state index is 12.4. The lowest BCUT2D eigenvalue weighted by Crippen LogP contribution is -2.42. The van der Waals surface area contributed by atoms with Gasteiger partial charge in [0.1, 0.15) is 0 Å². The van der Waals surface area contributed by atoms with E-state index >= 15 is 0 Å². The monoisotopic (exact) mass is 324 g/mol. The van der Waals surface area contributed by atoms with Gasteiger partial charge in [-0.1, -0.05) is 6.92 Å². The molecule has 0 aromatic heterocycles. The average Bonchev–Trinajstić information content (AvgIpc) is 3.03. The Bertz CT molecular complexity index is 401. The van der Waals surface area contributed by atoms with E-state index in [-0.39, 0.29) is 5.92 Å². The molecule has 0 unspecified atom stereocenters. The van der Waals surface area contributed by atoms with Gasteiger partial charge < -0.3 is 10.7 Å². The fourth-order valence-corrected chi connectivity index (χ4v) is 4.66. The second-order valence-electron chi connectivity index (χ2n) is 6.94. The fourth-order valence-electron chi connectivity index (χ4n) is 3.62. The summed E-state index contributed by atoms with van der Waals surface area (Å²) in [4.78, 5) is 12.4. The summed E-state index contributed by atoms with van der Waals surface area (Å²) in [6.45, 7) is 2.30. The zero-order chi connectivity index (χ0) is 15.4. The van der Waals surface area contributed by atoms with Crippen molar-refractivity contribution in [1.29, 1.82) is 0 Å². The lowest BCUT2D eigenvalue weighted by molar-refractivity contribution is -0.127. The molecule has 2 fully saturated rings. The zero-order valence-electron chi connectivity index (χ0n) is 13.4. The van der Waals surface area contributed by atoms with Gasteiger partial charge in [0.2, 0.25) is 5.91 Å². The number of carbonyl (C=O) groups is 1. The number of hydrogen-bond donors (Lipinski definition) is 3. The van der Waals surface area contributed by atoms with Crippen molar-refractivity contribution in [2.45, 2.75) is 69.6 Å². The third-order valence-corrected chi connectivity index (χ3v) is 6.35. The molecule has 3 N–H and O–H groups in total. The first kappa shape index (κ1) is 16.0. The van der Waals surface area contributed by atoms with Crippen LogP contribution in [0.1, 0.15) is 58.3 Å². The van der Waals surface area contributed by atoms with Crippen molar-refractivity contribution in [2.24, 2.45) is 11.8 Å². The van der Waals surface area contributed by atoms with Crippen molar-refractivity contribution in [2.75, 3.05) is 0 Å². The molecule has 0 aromatic rings. The van der Waals surface area contributed by atoms with E-state index < -0.39 is 0 Å². The van der Waals surface area contributed by atoms with Gasteiger partial charge in [-0.15, -0.1) is 5.53 Å². The van der Waals surface area contributed by atoms with Gasteiger partial charge in [0.05, 0.1) is 0 Å². The molecule has 2 aliphatic carbocycles. The largest absolute Gasteiger partial charge is 0.353 e. The Morgan fingerprint density at radius 1 is 1.14 bits per heavy atom. The first-order valence-corrected chi connectivity index (χ1v) is 9.48. The lowest BCUT2D eigenvalue weighted by atomic mass is 9.82. The molecule has 0 bridgehead atoms. The summed E-state index contributed by atoms with van der Waals surface area (Å²) in [6, 6.07) is 0.393. The molecule has 2 saturated carbocycles. The summed E-state index contributed by atoms with van der Waals surface area (Å²) in [5.74, 6) is 1.39. The van der Waals surface area contributed by atoms with Crippen molar-refractivity contribution in [1.82, 2.24) is 20.7 Å². The van der Waals surface area contributed by atoms with E-state index in [4.69, 9.17) is 0 Å². The molecule has 0 saturated heterocycles. The Balaban J connectivity index is 1.36. The standard InChI is InChI=1S/C16H28N4OS/c1-12-2-4-13(5-3-12)16(21)18-14-6-8-15(9-7-14)22-20-11-10-17-19-20/h10-15,17,19H,2-9H2,1H3,(H,18,21). The first-order valence-electron chi connectivity index (χ1n) is 8.65. The molecule has 1 amide bonds. The van der Waals surface area contributed by atoms with Gasteiger partial charge in [0, 0.05) is 29.6 Å². The Labute approximate surface area is 137 Å². The normalized spacial score (nSPS) is 35.2. The second-order valence-corrected chi connectivity index (χ2v) is 8.21. The Morgan fingerprint density at radius 2 is 1.86 bits per heavy atom. The smallest absolute Gasteiger partial charge is 0.223 e. The molecule has 0 spiro atoms. The van der Waals surface area contributed by atoms with E-state index in [0.717, 1.165) is 31.6 Å². The fraction of sp³-hybridized carbons (Fsp3) is 0.812. The highest BCUT2D eigenvalue weighted by Gasteiger charge is 2.28. The molecule has 1 aliphatic heterocycles. The highest BCUT2D eigenvalue weighted by Crippen LogP contribution is 2.32. The number of carbonyl (C=O) groups excluding carboxylic acids is 1. The van der Waals surface area contributed by atoms with Gasteiger partial charge >= 0.3 is 0 Å². The van der Waals surface area contributed by atoms with E-state index in [1.54, 1.807) is 0 Å². The van der Waals surface area contributed by atoms with Gasteiger partial charge in [-0.05, 0) is 69.2 Å². The Hall–Kier alpha value is -0.880. The van der Waals surface area contributed by atoms with Gasteiger partial charge in [0.25, 0.3) is 0 Å². The summed E-state index contributed by atoms with van der Waals surface area (Å²) in [6.07, 6.45) is 13.0. The quantitative estimate of drug-likeness (QED) is 0.694. The maximum atomic E-state index is 12.4. The highest BCUT2D eigenvalue weighted by molar-refractivity contribution is 7.97. The van der Waals surface area contributed by atoms with E-state index in [1.807, 2.05) is 28.8 Å². The van der Waals surface area contributed by atoms with Gasteiger partial charge in [0.15, 0.2) is 0 Å². The van der Waals surface area contributed by atoms with Crippen molar-refractivity contribution in [3.05, 3.63) is 12.4 Å². The molecule has 0 atom stereocenters. The van der Waals surface area contributed by atoms with Crippen LogP contribution in [0.4, 0.5) is 0 Å². The van der Waals surface area contributed by atoms with E-state index in [9.17, 15) is 4.79 Å². The Kier molecular flexibility index (Phi) is 5.52. The van der Waals surface area contributed by atoms with Crippen molar-refractivity contribution in [3.63, 3.8) is 0 Å². The first-order chi connectivity index (χ1) is 10.7. The molecule has 124 valence electrons. The second kappa shape index (κ2) is 7.59.